The molecule has 0 saturated carbocycles. The predicted octanol–water partition coefficient (Wildman–Crippen LogP) is 4.79. The van der Waals surface area contributed by atoms with Gasteiger partial charge >= 0.3 is 0 Å². The van der Waals surface area contributed by atoms with Gasteiger partial charge in [0.1, 0.15) is 5.69 Å². The SMILES string of the molecule is Cc1cccc(Cn2c(C)c(N3CCOCC3)c(C)c2C(=O)N[C@@H](C)c2ccccc2)c1. The maximum absolute atomic E-state index is 13.6. The van der Waals surface area contributed by atoms with E-state index < -0.39 is 0 Å². The van der Waals surface area contributed by atoms with E-state index in [0.29, 0.717) is 19.8 Å². The Hall–Kier alpha value is -3.05. The number of rotatable bonds is 6. The third kappa shape index (κ3) is 4.58. The van der Waals surface area contributed by atoms with Gasteiger partial charge in [-0.05, 0) is 38.8 Å². The van der Waals surface area contributed by atoms with Gasteiger partial charge in [-0.1, -0.05) is 60.2 Å². The molecule has 1 saturated heterocycles. The van der Waals surface area contributed by atoms with Crippen molar-refractivity contribution in [1.29, 1.82) is 0 Å². The molecule has 3 aromatic rings. The number of hydrogen-bond donors (Lipinski definition) is 1. The fourth-order valence-corrected chi connectivity index (χ4v) is 4.71. The number of carbonyl (C=O) groups is 1. The summed E-state index contributed by atoms with van der Waals surface area (Å²) in [5.74, 6) is -0.0332. The van der Waals surface area contributed by atoms with E-state index in [1.807, 2.05) is 37.3 Å². The zero-order chi connectivity index (χ0) is 22.7. The second kappa shape index (κ2) is 9.61. The van der Waals surface area contributed by atoms with E-state index in [-0.39, 0.29) is 11.9 Å². The molecule has 1 amide bonds. The minimum absolute atomic E-state index is 0.0332. The van der Waals surface area contributed by atoms with Crippen molar-refractivity contribution in [1.82, 2.24) is 9.88 Å². The number of nitrogens with one attached hydrogen (secondary N) is 1. The van der Waals surface area contributed by atoms with Crippen molar-refractivity contribution in [3.05, 3.63) is 88.2 Å². The minimum atomic E-state index is -0.0717. The minimum Gasteiger partial charge on any atom is -0.378 e. The molecule has 0 aliphatic carbocycles. The summed E-state index contributed by atoms with van der Waals surface area (Å²) in [6.07, 6.45) is 0. The maximum atomic E-state index is 13.6. The van der Waals surface area contributed by atoms with E-state index in [9.17, 15) is 4.79 Å². The van der Waals surface area contributed by atoms with Crippen LogP contribution in [0.2, 0.25) is 0 Å². The standard InChI is InChI=1S/C27H33N3O2/c1-19-9-8-10-23(17-19)18-30-22(4)25(29-13-15-32-16-14-29)20(2)26(30)27(31)28-21(3)24-11-6-5-7-12-24/h5-12,17,21H,13-16,18H2,1-4H3,(H,28,31)/t21-/m0/s1. The Kier molecular flexibility index (Phi) is 6.66. The summed E-state index contributed by atoms with van der Waals surface area (Å²) in [4.78, 5) is 16.0. The number of carbonyl (C=O) groups excluding carboxylic acids is 1. The highest BCUT2D eigenvalue weighted by atomic mass is 16.5. The van der Waals surface area contributed by atoms with Crippen LogP contribution < -0.4 is 10.2 Å². The predicted molar refractivity (Wildman–Crippen MR) is 130 cm³/mol. The van der Waals surface area contributed by atoms with E-state index in [1.54, 1.807) is 0 Å². The van der Waals surface area contributed by atoms with Crippen LogP contribution >= 0.6 is 0 Å². The van der Waals surface area contributed by atoms with E-state index in [0.717, 1.165) is 35.6 Å². The summed E-state index contributed by atoms with van der Waals surface area (Å²) >= 11 is 0. The summed E-state index contributed by atoms with van der Waals surface area (Å²) in [7, 11) is 0. The molecule has 168 valence electrons. The molecule has 1 atom stereocenters. The first-order valence-corrected chi connectivity index (χ1v) is 11.4. The molecule has 1 N–H and O–H groups in total. The fourth-order valence-electron chi connectivity index (χ4n) is 4.71. The zero-order valence-corrected chi connectivity index (χ0v) is 19.5. The number of aryl methyl sites for hydroxylation is 1. The van der Waals surface area contributed by atoms with Gasteiger partial charge in [0.05, 0.1) is 24.9 Å². The number of benzene rings is 2. The highest BCUT2D eigenvalue weighted by Crippen LogP contribution is 2.32. The summed E-state index contributed by atoms with van der Waals surface area (Å²) in [6.45, 7) is 12.1. The summed E-state index contributed by atoms with van der Waals surface area (Å²) < 4.78 is 7.75. The van der Waals surface area contributed by atoms with Crippen LogP contribution in [-0.2, 0) is 11.3 Å². The van der Waals surface area contributed by atoms with Crippen LogP contribution in [0.1, 0.15) is 51.4 Å². The Balaban J connectivity index is 1.72. The topological polar surface area (TPSA) is 46.5 Å². The first-order chi connectivity index (χ1) is 15.5. The zero-order valence-electron chi connectivity index (χ0n) is 19.5. The van der Waals surface area contributed by atoms with Crippen molar-refractivity contribution in [2.24, 2.45) is 0 Å². The van der Waals surface area contributed by atoms with Crippen LogP contribution in [0.4, 0.5) is 5.69 Å². The van der Waals surface area contributed by atoms with Gasteiger partial charge in [-0.2, -0.15) is 0 Å². The van der Waals surface area contributed by atoms with Crippen LogP contribution in [0.25, 0.3) is 0 Å². The largest absolute Gasteiger partial charge is 0.378 e. The summed E-state index contributed by atoms with van der Waals surface area (Å²) in [5.41, 5.74) is 7.59. The molecule has 4 rings (SSSR count). The van der Waals surface area contributed by atoms with Gasteiger partial charge in [0.25, 0.3) is 5.91 Å². The average Bonchev–Trinajstić information content (AvgIpc) is 3.04. The third-order valence-electron chi connectivity index (χ3n) is 6.34. The van der Waals surface area contributed by atoms with Crippen LogP contribution in [0.5, 0.6) is 0 Å². The van der Waals surface area contributed by atoms with Crippen molar-refractivity contribution in [2.75, 3.05) is 31.2 Å². The number of ether oxygens (including phenoxy) is 1. The Morgan fingerprint density at radius 2 is 1.75 bits per heavy atom. The first kappa shape index (κ1) is 22.2. The Labute approximate surface area is 191 Å². The smallest absolute Gasteiger partial charge is 0.268 e. The lowest BCUT2D eigenvalue weighted by Crippen LogP contribution is -2.36. The monoisotopic (exact) mass is 431 g/mol. The maximum Gasteiger partial charge on any atom is 0.268 e. The molecular formula is C27H33N3O2. The van der Waals surface area contributed by atoms with Gasteiger partial charge in [0.15, 0.2) is 0 Å². The quantitative estimate of drug-likeness (QED) is 0.610. The Morgan fingerprint density at radius 3 is 2.44 bits per heavy atom. The molecule has 32 heavy (non-hydrogen) atoms. The van der Waals surface area contributed by atoms with Crippen molar-refractivity contribution in [3.63, 3.8) is 0 Å². The number of amides is 1. The second-order valence-electron chi connectivity index (χ2n) is 8.69. The first-order valence-electron chi connectivity index (χ1n) is 11.4. The van der Waals surface area contributed by atoms with Crippen molar-refractivity contribution < 1.29 is 9.53 Å². The molecule has 5 nitrogen and oxygen atoms in total. The number of aromatic nitrogens is 1. The number of hydrogen-bond acceptors (Lipinski definition) is 3. The molecular weight excluding hydrogens is 398 g/mol. The molecule has 1 fully saturated rings. The summed E-state index contributed by atoms with van der Waals surface area (Å²) in [5, 5.41) is 3.23. The Bertz CT molecular complexity index is 1080. The molecule has 2 aromatic carbocycles. The van der Waals surface area contributed by atoms with Gasteiger partial charge < -0.3 is 19.5 Å². The Morgan fingerprint density at radius 1 is 1.03 bits per heavy atom. The molecule has 1 aromatic heterocycles. The van der Waals surface area contributed by atoms with Crippen molar-refractivity contribution in [2.45, 2.75) is 40.3 Å². The molecule has 2 heterocycles. The van der Waals surface area contributed by atoms with E-state index in [1.165, 1.54) is 16.8 Å². The molecule has 1 aliphatic heterocycles. The highest BCUT2D eigenvalue weighted by molar-refractivity contribution is 5.97. The van der Waals surface area contributed by atoms with Crippen LogP contribution in [0.15, 0.2) is 54.6 Å². The lowest BCUT2D eigenvalue weighted by atomic mass is 10.1. The second-order valence-corrected chi connectivity index (χ2v) is 8.69. The number of morpholine rings is 1. The van der Waals surface area contributed by atoms with E-state index in [4.69, 9.17) is 4.74 Å². The fraction of sp³-hybridized carbons (Fsp3) is 0.370. The average molecular weight is 432 g/mol. The molecule has 0 spiro atoms. The van der Waals surface area contributed by atoms with Crippen LogP contribution in [0.3, 0.4) is 0 Å². The summed E-state index contributed by atoms with van der Waals surface area (Å²) in [6, 6.07) is 18.5. The highest BCUT2D eigenvalue weighted by Gasteiger charge is 2.27. The number of nitrogens with zero attached hydrogens (tertiary/aromatic N) is 2. The van der Waals surface area contributed by atoms with Gasteiger partial charge in [-0.25, -0.2) is 0 Å². The van der Waals surface area contributed by atoms with Gasteiger partial charge in [-0.15, -0.1) is 0 Å². The van der Waals surface area contributed by atoms with Crippen LogP contribution in [-0.4, -0.2) is 36.8 Å². The van der Waals surface area contributed by atoms with E-state index in [2.05, 4.69) is 59.8 Å². The van der Waals surface area contributed by atoms with Gasteiger partial charge in [0.2, 0.25) is 0 Å². The van der Waals surface area contributed by atoms with Gasteiger partial charge in [-0.3, -0.25) is 4.79 Å². The molecule has 1 aliphatic rings. The van der Waals surface area contributed by atoms with Crippen LogP contribution in [0, 0.1) is 20.8 Å². The number of anilines is 1. The lowest BCUT2D eigenvalue weighted by Gasteiger charge is -2.29. The molecule has 5 heteroatoms. The van der Waals surface area contributed by atoms with Crippen molar-refractivity contribution in [3.8, 4) is 0 Å². The molecule has 0 unspecified atom stereocenters. The van der Waals surface area contributed by atoms with E-state index >= 15 is 0 Å². The van der Waals surface area contributed by atoms with Crippen molar-refractivity contribution >= 4 is 11.6 Å². The van der Waals surface area contributed by atoms with Gasteiger partial charge in [0, 0.05) is 30.9 Å². The lowest BCUT2D eigenvalue weighted by molar-refractivity contribution is 0.0930. The normalized spacial score (nSPS) is 14.9. The molecule has 0 bridgehead atoms. The third-order valence-corrected chi connectivity index (χ3v) is 6.34. The molecule has 0 radical (unpaired) electrons.